The summed E-state index contributed by atoms with van der Waals surface area (Å²) in [6, 6.07) is 18.4. The summed E-state index contributed by atoms with van der Waals surface area (Å²) in [5.74, 6) is 1.07. The van der Waals surface area contributed by atoms with Crippen LogP contribution in [-0.2, 0) is 4.79 Å². The van der Waals surface area contributed by atoms with Gasteiger partial charge in [-0.05, 0) is 30.4 Å². The van der Waals surface area contributed by atoms with E-state index >= 15 is 0 Å². The van der Waals surface area contributed by atoms with E-state index in [2.05, 4.69) is 58.7 Å². The third-order valence-corrected chi connectivity index (χ3v) is 5.53. The van der Waals surface area contributed by atoms with E-state index in [-0.39, 0.29) is 17.7 Å². The van der Waals surface area contributed by atoms with Gasteiger partial charge in [0.2, 0.25) is 5.95 Å². The van der Waals surface area contributed by atoms with Crippen LogP contribution in [0.5, 0.6) is 0 Å². The van der Waals surface area contributed by atoms with Crippen molar-refractivity contribution in [2.24, 2.45) is 0 Å². The van der Waals surface area contributed by atoms with Crippen LogP contribution in [-0.4, -0.2) is 20.5 Å². The summed E-state index contributed by atoms with van der Waals surface area (Å²) in [6.45, 7) is 2.06. The number of aromatic nitrogens is 3. The lowest BCUT2D eigenvalue weighted by Crippen LogP contribution is -2.33. The Kier molecular flexibility index (Phi) is 3.67. The monoisotopic (exact) mass is 356 g/mol. The Balaban J connectivity index is 1.60. The fourth-order valence-corrected chi connectivity index (χ4v) is 4.17. The van der Waals surface area contributed by atoms with Crippen LogP contribution in [0.1, 0.15) is 41.5 Å². The second-order valence-corrected chi connectivity index (χ2v) is 7.30. The fourth-order valence-electron chi connectivity index (χ4n) is 4.17. The van der Waals surface area contributed by atoms with Gasteiger partial charge < -0.3 is 5.32 Å². The van der Waals surface area contributed by atoms with Crippen LogP contribution in [0.15, 0.2) is 72.2 Å². The highest BCUT2D eigenvalue weighted by atomic mass is 16.1. The Hall–Kier alpha value is -3.21. The van der Waals surface area contributed by atoms with Crippen LogP contribution >= 0.6 is 0 Å². The van der Waals surface area contributed by atoms with Gasteiger partial charge in [0.15, 0.2) is 5.78 Å². The molecule has 2 aliphatic rings. The number of nitrogens with zero attached hydrogens (tertiary/aromatic N) is 3. The van der Waals surface area contributed by atoms with Gasteiger partial charge in [-0.15, -0.1) is 0 Å². The van der Waals surface area contributed by atoms with Crippen molar-refractivity contribution in [1.82, 2.24) is 14.8 Å². The van der Waals surface area contributed by atoms with E-state index in [4.69, 9.17) is 0 Å². The predicted octanol–water partition coefficient (Wildman–Crippen LogP) is 4.00. The molecule has 5 nitrogen and oxygen atoms in total. The minimum atomic E-state index is -0.219. The van der Waals surface area contributed by atoms with E-state index in [0.29, 0.717) is 12.4 Å². The number of fused-ring (bicyclic) bond motifs is 1. The number of hydrogen-bond acceptors (Lipinski definition) is 4. The molecule has 0 saturated heterocycles. The lowest BCUT2D eigenvalue weighted by atomic mass is 9.78. The summed E-state index contributed by atoms with van der Waals surface area (Å²) in [6.07, 6.45) is 2.87. The number of nitrogens with one attached hydrogen (secondary N) is 1. The number of allylic oxidation sites excluding steroid dienone is 2. The van der Waals surface area contributed by atoms with Gasteiger partial charge in [-0.1, -0.05) is 60.2 Å². The molecule has 2 aromatic carbocycles. The molecule has 2 atom stereocenters. The number of carbonyl (C=O) groups excluding carboxylic acids is 1. The van der Waals surface area contributed by atoms with E-state index in [1.54, 1.807) is 6.33 Å². The molecular weight excluding hydrogens is 336 g/mol. The van der Waals surface area contributed by atoms with Gasteiger partial charge in [-0.2, -0.15) is 10.1 Å². The standard InChI is InChI=1S/C22H20N4O/c1-14-7-9-16(10-8-14)21-20-18(25-22-23-13-24-26(21)22)11-17(12-19(20)27)15-5-3-2-4-6-15/h2-10,13,17,21H,11-12H2,1H3,(H,23,24,25). The quantitative estimate of drug-likeness (QED) is 0.754. The van der Waals surface area contributed by atoms with Gasteiger partial charge in [0.25, 0.3) is 0 Å². The van der Waals surface area contributed by atoms with Gasteiger partial charge in [0.1, 0.15) is 12.4 Å². The van der Waals surface area contributed by atoms with Crippen molar-refractivity contribution < 1.29 is 4.79 Å². The first kappa shape index (κ1) is 16.0. The predicted molar refractivity (Wildman–Crippen MR) is 103 cm³/mol. The normalized spacial score (nSPS) is 21.4. The molecule has 0 saturated carbocycles. The lowest BCUT2D eigenvalue weighted by Gasteiger charge is -2.35. The van der Waals surface area contributed by atoms with Gasteiger partial charge in [-0.3, -0.25) is 4.79 Å². The molecule has 2 unspecified atom stereocenters. The molecule has 0 amide bonds. The maximum absolute atomic E-state index is 13.2. The first-order chi connectivity index (χ1) is 13.2. The number of benzene rings is 2. The van der Waals surface area contributed by atoms with Crippen molar-refractivity contribution in [1.29, 1.82) is 0 Å². The van der Waals surface area contributed by atoms with Crippen molar-refractivity contribution in [3.8, 4) is 0 Å². The van der Waals surface area contributed by atoms with Gasteiger partial charge >= 0.3 is 0 Å². The second kappa shape index (κ2) is 6.20. The van der Waals surface area contributed by atoms with Crippen LogP contribution < -0.4 is 5.32 Å². The van der Waals surface area contributed by atoms with E-state index in [9.17, 15) is 4.79 Å². The summed E-state index contributed by atoms with van der Waals surface area (Å²) >= 11 is 0. The van der Waals surface area contributed by atoms with Crippen molar-refractivity contribution in [2.45, 2.75) is 31.7 Å². The third kappa shape index (κ3) is 2.67. The average molecular weight is 356 g/mol. The molecule has 5 heteroatoms. The molecule has 27 heavy (non-hydrogen) atoms. The van der Waals surface area contributed by atoms with Crippen molar-refractivity contribution in [3.05, 3.63) is 88.9 Å². The largest absolute Gasteiger partial charge is 0.328 e. The molecule has 0 bridgehead atoms. The molecule has 1 aliphatic carbocycles. The summed E-state index contributed by atoms with van der Waals surface area (Å²) in [7, 11) is 0. The van der Waals surface area contributed by atoms with Gasteiger partial charge in [-0.25, -0.2) is 4.68 Å². The van der Waals surface area contributed by atoms with E-state index in [1.807, 2.05) is 22.9 Å². The summed E-state index contributed by atoms with van der Waals surface area (Å²) in [5.41, 5.74) is 5.26. The summed E-state index contributed by atoms with van der Waals surface area (Å²) in [4.78, 5) is 17.6. The van der Waals surface area contributed by atoms with Crippen molar-refractivity contribution in [3.63, 3.8) is 0 Å². The van der Waals surface area contributed by atoms with E-state index in [1.165, 1.54) is 11.1 Å². The molecule has 3 aromatic rings. The van der Waals surface area contributed by atoms with Crippen molar-refractivity contribution >= 4 is 11.7 Å². The van der Waals surface area contributed by atoms with E-state index < -0.39 is 0 Å². The topological polar surface area (TPSA) is 59.8 Å². The third-order valence-electron chi connectivity index (χ3n) is 5.53. The molecule has 0 radical (unpaired) electrons. The molecule has 0 spiro atoms. The minimum Gasteiger partial charge on any atom is -0.328 e. The van der Waals surface area contributed by atoms with Gasteiger partial charge in [0, 0.05) is 17.7 Å². The van der Waals surface area contributed by atoms with Crippen LogP contribution in [0.3, 0.4) is 0 Å². The first-order valence-corrected chi connectivity index (χ1v) is 9.25. The molecule has 134 valence electrons. The smallest absolute Gasteiger partial charge is 0.226 e. The zero-order chi connectivity index (χ0) is 18.4. The highest BCUT2D eigenvalue weighted by Gasteiger charge is 2.39. The maximum Gasteiger partial charge on any atom is 0.226 e. The Bertz CT molecular complexity index is 1030. The number of Topliss-reactive ketones (excluding diaryl/α,β-unsaturated/α-hetero) is 1. The first-order valence-electron chi connectivity index (χ1n) is 9.25. The molecule has 1 aliphatic heterocycles. The Morgan fingerprint density at radius 3 is 2.56 bits per heavy atom. The summed E-state index contributed by atoms with van der Waals surface area (Å²) in [5, 5.41) is 7.76. The molecule has 1 aromatic heterocycles. The molecule has 5 rings (SSSR count). The average Bonchev–Trinajstić information content (AvgIpc) is 3.16. The minimum absolute atomic E-state index is 0.185. The lowest BCUT2D eigenvalue weighted by molar-refractivity contribution is -0.116. The molecular formula is C22H20N4O. The molecule has 0 fully saturated rings. The number of aryl methyl sites for hydroxylation is 1. The number of rotatable bonds is 2. The number of hydrogen-bond donors (Lipinski definition) is 1. The highest BCUT2D eigenvalue weighted by Crippen LogP contribution is 2.43. The zero-order valence-corrected chi connectivity index (χ0v) is 15.1. The van der Waals surface area contributed by atoms with Crippen LogP contribution in [0, 0.1) is 6.92 Å². The highest BCUT2D eigenvalue weighted by molar-refractivity contribution is 6.00. The maximum atomic E-state index is 13.2. The number of anilines is 1. The Labute approximate surface area is 157 Å². The Morgan fingerprint density at radius 2 is 1.78 bits per heavy atom. The second-order valence-electron chi connectivity index (χ2n) is 7.30. The Morgan fingerprint density at radius 1 is 1.00 bits per heavy atom. The van der Waals surface area contributed by atoms with Crippen LogP contribution in [0.25, 0.3) is 0 Å². The number of carbonyl (C=O) groups is 1. The molecule has 2 heterocycles. The number of ketones is 1. The molecule has 1 N–H and O–H groups in total. The van der Waals surface area contributed by atoms with Crippen LogP contribution in [0.4, 0.5) is 5.95 Å². The van der Waals surface area contributed by atoms with Crippen molar-refractivity contribution in [2.75, 3.05) is 5.32 Å². The van der Waals surface area contributed by atoms with E-state index in [0.717, 1.165) is 23.3 Å². The van der Waals surface area contributed by atoms with Crippen LogP contribution in [0.2, 0.25) is 0 Å². The summed E-state index contributed by atoms with van der Waals surface area (Å²) < 4.78 is 1.82. The SMILES string of the molecule is Cc1ccc(C2C3=C(CC(c4ccccc4)CC3=O)Nc3ncnn32)cc1. The fraction of sp³-hybridized carbons (Fsp3) is 0.227. The van der Waals surface area contributed by atoms with Gasteiger partial charge in [0.05, 0.1) is 0 Å². The zero-order valence-electron chi connectivity index (χ0n) is 15.1.